The molecule has 0 radical (unpaired) electrons. The number of hydrogen-bond acceptors (Lipinski definition) is 7. The van der Waals surface area contributed by atoms with Crippen molar-refractivity contribution >= 4 is 34.4 Å². The average molecular weight is 340 g/mol. The Hall–Kier alpha value is -1.64. The monoisotopic (exact) mass is 340 g/mol. The van der Waals surface area contributed by atoms with Crippen LogP contribution in [0.3, 0.4) is 0 Å². The summed E-state index contributed by atoms with van der Waals surface area (Å²) in [6, 6.07) is 0. The number of Topliss-reactive ketones (excluding diaryl/α,β-unsaturated/α-hetero) is 1. The third-order valence-corrected chi connectivity index (χ3v) is 5.09. The quantitative estimate of drug-likeness (QED) is 0.490. The summed E-state index contributed by atoms with van der Waals surface area (Å²) in [6.45, 7) is 5.98. The Morgan fingerprint density at radius 3 is 2.73 bits per heavy atom. The van der Waals surface area contributed by atoms with Gasteiger partial charge in [0.1, 0.15) is 0 Å². The van der Waals surface area contributed by atoms with Crippen LogP contribution in [-0.2, 0) is 16.0 Å². The molecule has 0 amide bonds. The van der Waals surface area contributed by atoms with Gasteiger partial charge in [-0.25, -0.2) is 4.98 Å². The summed E-state index contributed by atoms with van der Waals surface area (Å²) in [5.41, 5.74) is 9.37. The molecule has 118 valence electrons. The molecule has 0 saturated heterocycles. The van der Waals surface area contributed by atoms with Crippen LogP contribution < -0.4 is 10.3 Å². The van der Waals surface area contributed by atoms with Crippen molar-refractivity contribution < 1.29 is 18.9 Å². The molecule has 2 heterocycles. The lowest BCUT2D eigenvalue weighted by Crippen LogP contribution is -2.49. The lowest BCUT2D eigenvalue weighted by molar-refractivity contribution is -0.708. The molecule has 1 atom stereocenters. The number of aromatic nitrogens is 2. The van der Waals surface area contributed by atoms with Crippen molar-refractivity contribution in [2.24, 2.45) is 5.73 Å². The Kier molecular flexibility index (Phi) is 5.38. The number of carbonyl (C=O) groups excluding carboxylic acids is 2. The van der Waals surface area contributed by atoms with Gasteiger partial charge in [0, 0.05) is 12.3 Å². The van der Waals surface area contributed by atoms with Gasteiger partial charge in [-0.3, -0.25) is 15.3 Å². The summed E-state index contributed by atoms with van der Waals surface area (Å²) in [4.78, 5) is 29.2. The fourth-order valence-corrected chi connectivity index (χ4v) is 3.50. The molecule has 0 aliphatic heterocycles. The molecule has 0 aromatic carbocycles. The van der Waals surface area contributed by atoms with Crippen molar-refractivity contribution in [2.75, 3.05) is 6.61 Å². The number of aryl methyl sites for hydroxylation is 1. The second kappa shape index (κ2) is 7.08. The van der Waals surface area contributed by atoms with Crippen molar-refractivity contribution in [1.82, 2.24) is 4.98 Å². The second-order valence-electron chi connectivity index (χ2n) is 4.71. The zero-order chi connectivity index (χ0) is 16.3. The van der Waals surface area contributed by atoms with Crippen LogP contribution in [-0.4, -0.2) is 23.3 Å². The van der Waals surface area contributed by atoms with E-state index in [-0.39, 0.29) is 18.2 Å². The predicted octanol–water partition coefficient (Wildman–Crippen LogP) is 1.55. The largest absolute Gasteiger partial charge is 0.466 e. The average Bonchev–Trinajstić information content (AvgIpc) is 3.06. The Morgan fingerprint density at radius 1 is 1.41 bits per heavy atom. The highest BCUT2D eigenvalue weighted by atomic mass is 32.1. The van der Waals surface area contributed by atoms with Crippen molar-refractivity contribution in [3.8, 4) is 0 Å². The van der Waals surface area contributed by atoms with E-state index in [1.807, 2.05) is 19.4 Å². The summed E-state index contributed by atoms with van der Waals surface area (Å²) in [7, 11) is 0. The van der Waals surface area contributed by atoms with E-state index in [0.717, 1.165) is 10.6 Å². The molecule has 0 aliphatic rings. The van der Waals surface area contributed by atoms with Gasteiger partial charge in [-0.15, -0.1) is 11.3 Å². The number of nitrogens with two attached hydrogens (primary N) is 1. The maximum Gasteiger partial charge on any atom is 0.311 e. The molecule has 22 heavy (non-hydrogen) atoms. The number of carbonyl (C=O) groups is 2. The number of ketones is 1. The van der Waals surface area contributed by atoms with E-state index in [4.69, 9.17) is 10.5 Å². The molecular formula is C14H18N3O3S2+. The number of rotatable bonds is 6. The van der Waals surface area contributed by atoms with E-state index in [1.54, 1.807) is 28.2 Å². The maximum absolute atomic E-state index is 12.4. The third kappa shape index (κ3) is 3.57. The van der Waals surface area contributed by atoms with E-state index >= 15 is 0 Å². The molecule has 0 aliphatic carbocycles. The molecule has 0 saturated carbocycles. The lowest BCUT2D eigenvalue weighted by atomic mass is 10.3. The van der Waals surface area contributed by atoms with Gasteiger partial charge in [0.25, 0.3) is 11.9 Å². The molecule has 1 unspecified atom stereocenters. The summed E-state index contributed by atoms with van der Waals surface area (Å²) in [6.07, 6.45) is -0.733. The van der Waals surface area contributed by atoms with Gasteiger partial charge in [0.2, 0.25) is 5.51 Å². The minimum Gasteiger partial charge on any atom is -0.466 e. The minimum absolute atomic E-state index is 0.0661. The van der Waals surface area contributed by atoms with Gasteiger partial charge >= 0.3 is 5.97 Å². The van der Waals surface area contributed by atoms with Gasteiger partial charge in [-0.2, -0.15) is 4.57 Å². The molecule has 2 N–H and O–H groups in total. The van der Waals surface area contributed by atoms with Crippen LogP contribution in [0.5, 0.6) is 0 Å². The first-order chi connectivity index (χ1) is 10.4. The van der Waals surface area contributed by atoms with E-state index in [0.29, 0.717) is 17.3 Å². The van der Waals surface area contributed by atoms with Crippen molar-refractivity contribution in [3.63, 3.8) is 0 Å². The van der Waals surface area contributed by atoms with Crippen LogP contribution in [0.2, 0.25) is 0 Å². The second-order valence-corrected chi connectivity index (χ2v) is 6.62. The van der Waals surface area contributed by atoms with Gasteiger partial charge in [-0.1, -0.05) is 11.3 Å². The smallest absolute Gasteiger partial charge is 0.311 e. The molecule has 8 heteroatoms. The molecule has 2 aromatic rings. The third-order valence-electron chi connectivity index (χ3n) is 3.20. The van der Waals surface area contributed by atoms with Crippen LogP contribution in [0.4, 0.5) is 0 Å². The van der Waals surface area contributed by atoms with Crippen LogP contribution in [0, 0.1) is 13.8 Å². The molecule has 2 aromatic heterocycles. The molecule has 0 fully saturated rings. The van der Waals surface area contributed by atoms with E-state index in [2.05, 4.69) is 4.98 Å². The highest BCUT2D eigenvalue weighted by Gasteiger charge is 2.30. The van der Waals surface area contributed by atoms with Crippen LogP contribution in [0.1, 0.15) is 39.2 Å². The van der Waals surface area contributed by atoms with Crippen LogP contribution in [0.15, 0.2) is 10.9 Å². The summed E-state index contributed by atoms with van der Waals surface area (Å²) < 4.78 is 6.61. The Bertz CT molecular complexity index is 693. The molecule has 0 spiro atoms. The SMILES string of the molecule is CCOC(=O)Cc1csc(C(=O)C(N)[n+]2csc(C)c2C)n1. The zero-order valence-corrected chi connectivity index (χ0v) is 14.3. The predicted molar refractivity (Wildman–Crippen MR) is 84.0 cm³/mol. The van der Waals surface area contributed by atoms with E-state index in [9.17, 15) is 9.59 Å². The van der Waals surface area contributed by atoms with Gasteiger partial charge in [0.15, 0.2) is 10.7 Å². The van der Waals surface area contributed by atoms with E-state index in [1.165, 1.54) is 11.3 Å². The Morgan fingerprint density at radius 2 is 2.14 bits per heavy atom. The van der Waals surface area contributed by atoms with Crippen molar-refractivity contribution in [2.45, 2.75) is 33.4 Å². The lowest BCUT2D eigenvalue weighted by Gasteiger charge is -2.03. The summed E-state index contributed by atoms with van der Waals surface area (Å²) in [5, 5.41) is 2.00. The van der Waals surface area contributed by atoms with Gasteiger partial charge < -0.3 is 4.74 Å². The summed E-state index contributed by atoms with van der Waals surface area (Å²) in [5.74, 6) is -0.610. The normalized spacial score (nSPS) is 12.2. The molecule has 0 bridgehead atoms. The van der Waals surface area contributed by atoms with E-state index < -0.39 is 6.17 Å². The fraction of sp³-hybridized carbons (Fsp3) is 0.429. The maximum atomic E-state index is 12.4. The highest BCUT2D eigenvalue weighted by Crippen LogP contribution is 2.16. The topological polar surface area (TPSA) is 86.2 Å². The number of thiazole rings is 2. The standard InChI is InChI=1S/C14H18N3O3S2/c1-4-20-11(18)5-10-6-21-14(16-10)12(19)13(15)17-7-22-9(3)8(17)2/h6-7,13H,4-5,15H2,1-3H3/q+1. The number of hydrogen-bond donors (Lipinski definition) is 1. The molecule has 6 nitrogen and oxygen atoms in total. The zero-order valence-electron chi connectivity index (χ0n) is 12.7. The summed E-state index contributed by atoms with van der Waals surface area (Å²) >= 11 is 2.74. The minimum atomic E-state index is -0.799. The number of ether oxygens (including phenoxy) is 1. The molecular weight excluding hydrogens is 322 g/mol. The first-order valence-corrected chi connectivity index (χ1v) is 8.55. The van der Waals surface area contributed by atoms with Crippen molar-refractivity contribution in [1.29, 1.82) is 0 Å². The first-order valence-electron chi connectivity index (χ1n) is 6.79. The van der Waals surface area contributed by atoms with Gasteiger partial charge in [-0.05, 0) is 13.8 Å². The van der Waals surface area contributed by atoms with Crippen molar-refractivity contribution in [3.05, 3.63) is 32.2 Å². The van der Waals surface area contributed by atoms with Crippen LogP contribution >= 0.6 is 22.7 Å². The fourth-order valence-electron chi connectivity index (χ4n) is 1.87. The first kappa shape index (κ1) is 16.7. The highest BCUT2D eigenvalue weighted by molar-refractivity contribution is 7.11. The number of esters is 1. The van der Waals surface area contributed by atoms with Crippen LogP contribution in [0.25, 0.3) is 0 Å². The Balaban J connectivity index is 2.11. The Labute approximate surface area is 136 Å². The molecule has 2 rings (SSSR count). The number of nitrogens with zero attached hydrogens (tertiary/aromatic N) is 2. The van der Waals surface area contributed by atoms with Gasteiger partial charge in [0.05, 0.1) is 23.6 Å².